The Morgan fingerprint density at radius 2 is 1.86 bits per heavy atom. The van der Waals surface area contributed by atoms with Crippen molar-refractivity contribution < 1.29 is 4.79 Å². The highest BCUT2D eigenvalue weighted by Gasteiger charge is 2.30. The van der Waals surface area contributed by atoms with Gasteiger partial charge in [-0.3, -0.25) is 9.69 Å². The van der Waals surface area contributed by atoms with Gasteiger partial charge >= 0.3 is 0 Å². The zero-order chi connectivity index (χ0) is 24.8. The number of anilines is 1. The van der Waals surface area contributed by atoms with E-state index in [2.05, 4.69) is 58.8 Å². The molecular weight excluding hydrogens is 448 g/mol. The first-order valence-corrected chi connectivity index (χ1v) is 12.5. The van der Waals surface area contributed by atoms with Gasteiger partial charge in [0.1, 0.15) is 12.1 Å². The number of aryl methyl sites for hydroxylation is 3. The van der Waals surface area contributed by atoms with Crippen LogP contribution in [0.25, 0.3) is 22.5 Å². The van der Waals surface area contributed by atoms with Crippen LogP contribution in [0.4, 0.5) is 5.82 Å². The number of pyridine rings is 1. The first-order valence-electron chi connectivity index (χ1n) is 12.5. The molecule has 3 heterocycles. The van der Waals surface area contributed by atoms with Crippen LogP contribution in [-0.2, 0) is 20.1 Å². The molecule has 1 aliphatic heterocycles. The molecule has 0 atom stereocenters. The van der Waals surface area contributed by atoms with Crippen molar-refractivity contribution in [3.05, 3.63) is 82.8 Å². The number of carbonyl (C=O) groups is 1. The van der Waals surface area contributed by atoms with Gasteiger partial charge in [-0.2, -0.15) is 0 Å². The summed E-state index contributed by atoms with van der Waals surface area (Å²) in [6, 6.07) is 16.6. The molecule has 0 spiro atoms. The Balaban J connectivity index is 1.30. The SMILES string of the molecule is Cc1ccc(-c2ccc3c(c2)C(=O)N(c2cc(CNCC4CC4)cc(C)n2)C3)c(-c2nncn2C)c1. The minimum atomic E-state index is -0.00541. The molecule has 1 amide bonds. The van der Waals surface area contributed by atoms with Gasteiger partial charge in [-0.1, -0.05) is 29.8 Å². The molecule has 1 saturated carbocycles. The average Bonchev–Trinajstić information content (AvgIpc) is 3.49. The summed E-state index contributed by atoms with van der Waals surface area (Å²) < 4.78 is 1.92. The Hall–Kier alpha value is -3.84. The number of fused-ring (bicyclic) bond motifs is 1. The number of hydrogen-bond donors (Lipinski definition) is 1. The van der Waals surface area contributed by atoms with Crippen molar-refractivity contribution in [1.82, 2.24) is 25.1 Å². The van der Waals surface area contributed by atoms with Gasteiger partial charge in [0.2, 0.25) is 0 Å². The molecule has 36 heavy (non-hydrogen) atoms. The molecule has 0 radical (unpaired) electrons. The van der Waals surface area contributed by atoms with E-state index in [0.29, 0.717) is 6.54 Å². The molecule has 2 aromatic carbocycles. The van der Waals surface area contributed by atoms with E-state index < -0.39 is 0 Å². The topological polar surface area (TPSA) is 75.9 Å². The summed E-state index contributed by atoms with van der Waals surface area (Å²) in [4.78, 5) is 20.1. The molecule has 4 aromatic rings. The maximum absolute atomic E-state index is 13.6. The van der Waals surface area contributed by atoms with Gasteiger partial charge in [0.25, 0.3) is 5.91 Å². The quantitative estimate of drug-likeness (QED) is 0.412. The minimum absolute atomic E-state index is 0.00541. The van der Waals surface area contributed by atoms with Crippen LogP contribution in [0.15, 0.2) is 54.9 Å². The predicted molar refractivity (Wildman–Crippen MR) is 141 cm³/mol. The van der Waals surface area contributed by atoms with E-state index in [1.165, 1.54) is 12.8 Å². The highest BCUT2D eigenvalue weighted by molar-refractivity contribution is 6.10. The fourth-order valence-electron chi connectivity index (χ4n) is 4.98. The Morgan fingerprint density at radius 3 is 2.64 bits per heavy atom. The third-order valence-corrected chi connectivity index (χ3v) is 7.09. The van der Waals surface area contributed by atoms with Gasteiger partial charge in [-0.05, 0) is 85.7 Å². The van der Waals surface area contributed by atoms with E-state index in [-0.39, 0.29) is 5.91 Å². The zero-order valence-electron chi connectivity index (χ0n) is 21.0. The maximum Gasteiger partial charge on any atom is 0.260 e. The average molecular weight is 479 g/mol. The van der Waals surface area contributed by atoms with E-state index in [4.69, 9.17) is 4.98 Å². The molecule has 1 fully saturated rings. The Morgan fingerprint density at radius 1 is 1.00 bits per heavy atom. The van der Waals surface area contributed by atoms with Crippen molar-refractivity contribution in [3.63, 3.8) is 0 Å². The second-order valence-corrected chi connectivity index (χ2v) is 10.1. The molecule has 1 aliphatic carbocycles. The maximum atomic E-state index is 13.6. The van der Waals surface area contributed by atoms with Gasteiger partial charge in [-0.15, -0.1) is 10.2 Å². The lowest BCUT2D eigenvalue weighted by Gasteiger charge is -2.17. The zero-order valence-corrected chi connectivity index (χ0v) is 21.0. The molecule has 7 heteroatoms. The Kier molecular flexibility index (Phi) is 5.64. The van der Waals surface area contributed by atoms with Crippen LogP contribution in [0, 0.1) is 19.8 Å². The highest BCUT2D eigenvalue weighted by Crippen LogP contribution is 2.36. The molecular formula is C29H30N6O. The summed E-state index contributed by atoms with van der Waals surface area (Å²) in [6.45, 7) is 6.44. The van der Waals surface area contributed by atoms with Crippen LogP contribution in [0.5, 0.6) is 0 Å². The second-order valence-electron chi connectivity index (χ2n) is 10.1. The first-order chi connectivity index (χ1) is 17.5. The van der Waals surface area contributed by atoms with Gasteiger partial charge in [0.05, 0.1) is 6.54 Å². The number of rotatable bonds is 7. The standard InChI is InChI=1S/C29H30N6O/c1-18-4-9-24(26(10-18)28-33-31-17-34(28)3)22-7-8-23-16-35(29(36)25(23)13-22)27-12-21(11-19(2)32-27)15-30-14-20-5-6-20/h4,7-13,17,20,30H,5-6,14-16H2,1-3H3. The molecule has 0 unspecified atom stereocenters. The number of nitrogens with one attached hydrogen (secondary N) is 1. The van der Waals surface area contributed by atoms with Crippen molar-refractivity contribution >= 4 is 11.7 Å². The summed E-state index contributed by atoms with van der Waals surface area (Å²) in [6.07, 6.45) is 4.37. The van der Waals surface area contributed by atoms with Crippen LogP contribution in [-0.4, -0.2) is 32.2 Å². The summed E-state index contributed by atoms with van der Waals surface area (Å²) in [5, 5.41) is 11.9. The number of hydrogen-bond acceptors (Lipinski definition) is 5. The number of nitrogens with zero attached hydrogens (tertiary/aromatic N) is 5. The number of carbonyl (C=O) groups excluding carboxylic acids is 1. The fourth-order valence-corrected chi connectivity index (χ4v) is 4.98. The molecule has 2 aromatic heterocycles. The predicted octanol–water partition coefficient (Wildman–Crippen LogP) is 4.82. The molecule has 1 N–H and O–H groups in total. The van der Waals surface area contributed by atoms with Gasteiger partial charge in [0.15, 0.2) is 5.82 Å². The van der Waals surface area contributed by atoms with Gasteiger partial charge in [0, 0.05) is 30.4 Å². The van der Waals surface area contributed by atoms with Crippen molar-refractivity contribution in [2.45, 2.75) is 39.8 Å². The third-order valence-electron chi connectivity index (χ3n) is 7.09. The van der Waals surface area contributed by atoms with Crippen LogP contribution in [0.2, 0.25) is 0 Å². The van der Waals surface area contributed by atoms with Crippen LogP contribution in [0.1, 0.15) is 45.6 Å². The van der Waals surface area contributed by atoms with E-state index >= 15 is 0 Å². The molecule has 2 aliphatic rings. The lowest BCUT2D eigenvalue weighted by atomic mass is 9.95. The first kappa shape index (κ1) is 22.6. The third kappa shape index (κ3) is 4.31. The normalized spacial score (nSPS) is 15.0. The van der Waals surface area contributed by atoms with Crippen LogP contribution >= 0.6 is 0 Å². The Bertz CT molecular complexity index is 1470. The smallest absolute Gasteiger partial charge is 0.260 e. The van der Waals surface area contributed by atoms with E-state index in [1.807, 2.05) is 30.7 Å². The summed E-state index contributed by atoms with van der Waals surface area (Å²) in [5.41, 5.74) is 8.01. The Labute approximate surface area is 211 Å². The molecule has 6 rings (SSSR count). The van der Waals surface area contributed by atoms with Crippen LogP contribution in [0.3, 0.4) is 0 Å². The molecule has 7 nitrogen and oxygen atoms in total. The van der Waals surface area contributed by atoms with Gasteiger partial charge in [-0.25, -0.2) is 4.98 Å². The monoisotopic (exact) mass is 478 g/mol. The minimum Gasteiger partial charge on any atom is -0.317 e. The van der Waals surface area contributed by atoms with E-state index in [1.54, 1.807) is 11.2 Å². The lowest BCUT2D eigenvalue weighted by Crippen LogP contribution is -2.25. The van der Waals surface area contributed by atoms with E-state index in [0.717, 1.165) is 75.3 Å². The van der Waals surface area contributed by atoms with Crippen molar-refractivity contribution in [2.75, 3.05) is 11.4 Å². The van der Waals surface area contributed by atoms with E-state index in [9.17, 15) is 4.79 Å². The van der Waals surface area contributed by atoms with Crippen LogP contribution < -0.4 is 10.2 Å². The summed E-state index contributed by atoms with van der Waals surface area (Å²) in [5.74, 6) is 2.35. The molecule has 0 bridgehead atoms. The number of benzene rings is 2. The fraction of sp³-hybridized carbons (Fsp3) is 0.310. The van der Waals surface area contributed by atoms with Crippen molar-refractivity contribution in [3.8, 4) is 22.5 Å². The molecule has 0 saturated heterocycles. The highest BCUT2D eigenvalue weighted by atomic mass is 16.2. The van der Waals surface area contributed by atoms with Gasteiger partial charge < -0.3 is 9.88 Å². The second kappa shape index (κ2) is 8.99. The van der Waals surface area contributed by atoms with Crippen molar-refractivity contribution in [1.29, 1.82) is 0 Å². The molecule has 182 valence electrons. The number of amides is 1. The number of aromatic nitrogens is 4. The lowest BCUT2D eigenvalue weighted by molar-refractivity contribution is 0.0996. The largest absolute Gasteiger partial charge is 0.317 e. The summed E-state index contributed by atoms with van der Waals surface area (Å²) in [7, 11) is 1.94. The summed E-state index contributed by atoms with van der Waals surface area (Å²) >= 11 is 0. The van der Waals surface area contributed by atoms with Crippen molar-refractivity contribution in [2.24, 2.45) is 13.0 Å².